The van der Waals surface area contributed by atoms with E-state index >= 15 is 0 Å². The minimum atomic E-state index is -4.57. The van der Waals surface area contributed by atoms with E-state index in [2.05, 4.69) is 5.32 Å². The first-order valence-electron chi connectivity index (χ1n) is 9.41. The van der Waals surface area contributed by atoms with Crippen molar-refractivity contribution in [2.75, 3.05) is 16.8 Å². The molecular weight excluding hydrogens is 409 g/mol. The van der Waals surface area contributed by atoms with Crippen molar-refractivity contribution in [2.45, 2.75) is 12.7 Å². The van der Waals surface area contributed by atoms with Gasteiger partial charge in [-0.15, -0.1) is 0 Å². The van der Waals surface area contributed by atoms with Crippen molar-refractivity contribution in [3.05, 3.63) is 89.5 Å². The summed E-state index contributed by atoms with van der Waals surface area (Å²) >= 11 is 0. The van der Waals surface area contributed by atoms with Crippen molar-refractivity contribution in [2.24, 2.45) is 0 Å². The molecule has 1 N–H and O–H groups in total. The summed E-state index contributed by atoms with van der Waals surface area (Å²) in [5.74, 6) is -0.234. The normalized spacial score (nSPS) is 13.4. The van der Waals surface area contributed by atoms with E-state index in [1.165, 1.54) is 30.3 Å². The molecule has 0 bridgehead atoms. The lowest BCUT2D eigenvalue weighted by Crippen LogP contribution is -2.38. The third-order valence-electron chi connectivity index (χ3n) is 4.85. The zero-order chi connectivity index (χ0) is 22.0. The molecule has 0 radical (unpaired) electrons. The van der Waals surface area contributed by atoms with E-state index in [0.29, 0.717) is 11.4 Å². The molecule has 1 heterocycles. The van der Waals surface area contributed by atoms with Gasteiger partial charge in [-0.3, -0.25) is 9.59 Å². The summed E-state index contributed by atoms with van der Waals surface area (Å²) in [6.07, 6.45) is -4.57. The van der Waals surface area contributed by atoms with Crippen LogP contribution < -0.4 is 15.0 Å². The molecule has 0 aromatic heterocycles. The minimum Gasteiger partial charge on any atom is -0.482 e. The maximum Gasteiger partial charge on any atom is 0.418 e. The van der Waals surface area contributed by atoms with Crippen LogP contribution in [0.4, 0.5) is 24.5 Å². The Morgan fingerprint density at radius 2 is 1.65 bits per heavy atom. The first-order valence-corrected chi connectivity index (χ1v) is 9.41. The molecule has 158 valence electrons. The standard InChI is InChI=1S/C23H17F3N2O3/c24-23(25,26)17-5-1-2-6-18(17)27-22(30)16-11-9-15(10-12-16)13-28-19-7-3-4-8-20(19)31-14-21(28)29/h1-12H,13-14H2,(H,27,30). The number of carbonyl (C=O) groups excluding carboxylic acids is 2. The summed E-state index contributed by atoms with van der Waals surface area (Å²) in [6, 6.07) is 18.3. The summed E-state index contributed by atoms with van der Waals surface area (Å²) in [6.45, 7) is 0.216. The van der Waals surface area contributed by atoms with Gasteiger partial charge in [0.25, 0.3) is 11.8 Å². The zero-order valence-corrected chi connectivity index (χ0v) is 16.1. The molecule has 1 aliphatic heterocycles. The fraction of sp³-hybridized carbons (Fsp3) is 0.130. The van der Waals surface area contributed by atoms with E-state index in [-0.39, 0.29) is 30.3 Å². The minimum absolute atomic E-state index is 0.0594. The number of hydrogen-bond donors (Lipinski definition) is 1. The lowest BCUT2D eigenvalue weighted by atomic mass is 10.1. The van der Waals surface area contributed by atoms with Crippen LogP contribution in [0.1, 0.15) is 21.5 Å². The molecule has 0 aliphatic carbocycles. The highest BCUT2D eigenvalue weighted by molar-refractivity contribution is 6.04. The van der Waals surface area contributed by atoms with Crippen molar-refractivity contribution >= 4 is 23.2 Å². The molecule has 0 unspecified atom stereocenters. The largest absolute Gasteiger partial charge is 0.482 e. The molecule has 8 heteroatoms. The quantitative estimate of drug-likeness (QED) is 0.647. The smallest absolute Gasteiger partial charge is 0.418 e. The number of halogens is 3. The number of alkyl halides is 3. The van der Waals surface area contributed by atoms with Gasteiger partial charge in [-0.2, -0.15) is 13.2 Å². The lowest BCUT2D eigenvalue weighted by Gasteiger charge is -2.29. The van der Waals surface area contributed by atoms with E-state index in [0.717, 1.165) is 11.6 Å². The Balaban J connectivity index is 1.50. The number of hydrogen-bond acceptors (Lipinski definition) is 3. The first kappa shape index (κ1) is 20.5. The van der Waals surface area contributed by atoms with Crippen LogP contribution in [0.15, 0.2) is 72.8 Å². The van der Waals surface area contributed by atoms with Gasteiger partial charge < -0.3 is 15.0 Å². The number of nitrogens with zero attached hydrogens (tertiary/aromatic N) is 1. The number of fused-ring (bicyclic) bond motifs is 1. The predicted molar refractivity (Wildman–Crippen MR) is 109 cm³/mol. The van der Waals surface area contributed by atoms with E-state index < -0.39 is 17.6 Å². The molecule has 3 aromatic carbocycles. The summed E-state index contributed by atoms with van der Waals surface area (Å²) in [7, 11) is 0. The number of para-hydroxylation sites is 3. The summed E-state index contributed by atoms with van der Waals surface area (Å²) in [5, 5.41) is 2.31. The van der Waals surface area contributed by atoms with Crippen molar-refractivity contribution < 1.29 is 27.5 Å². The molecule has 0 saturated heterocycles. The number of rotatable bonds is 4. The Kier molecular flexibility index (Phi) is 5.37. The van der Waals surface area contributed by atoms with Crippen LogP contribution in [0.25, 0.3) is 0 Å². The van der Waals surface area contributed by atoms with Crippen molar-refractivity contribution in [3.63, 3.8) is 0 Å². The van der Waals surface area contributed by atoms with Crippen LogP contribution in [-0.4, -0.2) is 18.4 Å². The van der Waals surface area contributed by atoms with Gasteiger partial charge in [0.2, 0.25) is 0 Å². The van der Waals surface area contributed by atoms with Gasteiger partial charge in [-0.05, 0) is 42.0 Å². The van der Waals surface area contributed by atoms with Crippen LogP contribution in [0.3, 0.4) is 0 Å². The third-order valence-corrected chi connectivity index (χ3v) is 4.85. The van der Waals surface area contributed by atoms with Crippen molar-refractivity contribution in [1.29, 1.82) is 0 Å². The topological polar surface area (TPSA) is 58.6 Å². The molecule has 3 aromatic rings. The second-order valence-electron chi connectivity index (χ2n) is 6.93. The average molecular weight is 426 g/mol. The van der Waals surface area contributed by atoms with Gasteiger partial charge in [-0.1, -0.05) is 36.4 Å². The second kappa shape index (κ2) is 8.14. The molecule has 5 nitrogen and oxygen atoms in total. The molecule has 0 spiro atoms. The number of ether oxygens (including phenoxy) is 1. The van der Waals surface area contributed by atoms with E-state index in [9.17, 15) is 22.8 Å². The van der Waals surface area contributed by atoms with Crippen LogP contribution in [-0.2, 0) is 17.5 Å². The van der Waals surface area contributed by atoms with Crippen LogP contribution in [0.2, 0.25) is 0 Å². The Bertz CT molecular complexity index is 1130. The zero-order valence-electron chi connectivity index (χ0n) is 16.1. The molecule has 0 fully saturated rings. The third kappa shape index (κ3) is 4.37. The molecule has 0 atom stereocenters. The van der Waals surface area contributed by atoms with Crippen molar-refractivity contribution in [3.8, 4) is 5.75 Å². The van der Waals surface area contributed by atoms with Gasteiger partial charge in [0.05, 0.1) is 23.5 Å². The van der Waals surface area contributed by atoms with E-state index in [4.69, 9.17) is 4.74 Å². The van der Waals surface area contributed by atoms with E-state index in [1.54, 1.807) is 35.2 Å². The number of anilines is 2. The van der Waals surface area contributed by atoms with Gasteiger partial charge in [-0.25, -0.2) is 0 Å². The fourth-order valence-corrected chi connectivity index (χ4v) is 3.31. The highest BCUT2D eigenvalue weighted by Crippen LogP contribution is 2.35. The second-order valence-corrected chi connectivity index (χ2v) is 6.93. The maximum absolute atomic E-state index is 13.1. The maximum atomic E-state index is 13.1. The number of carbonyl (C=O) groups is 2. The van der Waals surface area contributed by atoms with E-state index in [1.807, 2.05) is 6.07 Å². The molecular formula is C23H17F3N2O3. The van der Waals surface area contributed by atoms with Gasteiger partial charge in [0.15, 0.2) is 6.61 Å². The fourth-order valence-electron chi connectivity index (χ4n) is 3.31. The number of nitrogens with one attached hydrogen (secondary N) is 1. The Morgan fingerprint density at radius 3 is 2.39 bits per heavy atom. The highest BCUT2D eigenvalue weighted by Gasteiger charge is 2.33. The molecule has 2 amide bonds. The number of benzene rings is 3. The summed E-state index contributed by atoms with van der Waals surface area (Å²) in [5.41, 5.74) is 0.403. The van der Waals surface area contributed by atoms with Crippen LogP contribution in [0.5, 0.6) is 5.75 Å². The van der Waals surface area contributed by atoms with Gasteiger partial charge >= 0.3 is 6.18 Å². The van der Waals surface area contributed by atoms with Gasteiger partial charge in [0.1, 0.15) is 5.75 Å². The molecule has 0 saturated carbocycles. The van der Waals surface area contributed by atoms with Gasteiger partial charge in [0, 0.05) is 5.56 Å². The Morgan fingerprint density at radius 1 is 0.968 bits per heavy atom. The summed E-state index contributed by atoms with van der Waals surface area (Å²) < 4.78 is 44.8. The highest BCUT2D eigenvalue weighted by atomic mass is 19.4. The van der Waals surface area contributed by atoms with Crippen molar-refractivity contribution in [1.82, 2.24) is 0 Å². The predicted octanol–water partition coefficient (Wildman–Crippen LogP) is 4.88. The molecule has 31 heavy (non-hydrogen) atoms. The summed E-state index contributed by atoms with van der Waals surface area (Å²) in [4.78, 5) is 26.3. The lowest BCUT2D eigenvalue weighted by molar-refractivity contribution is -0.136. The average Bonchev–Trinajstić information content (AvgIpc) is 2.76. The SMILES string of the molecule is O=C(Nc1ccccc1C(F)(F)F)c1ccc(CN2C(=O)COc3ccccc32)cc1. The Hall–Kier alpha value is -3.81. The monoisotopic (exact) mass is 426 g/mol. The number of amides is 2. The van der Waals surface area contributed by atoms with Crippen LogP contribution in [0, 0.1) is 0 Å². The Labute approximate surface area is 176 Å². The van der Waals surface area contributed by atoms with Crippen LogP contribution >= 0.6 is 0 Å². The molecule has 4 rings (SSSR count). The molecule has 1 aliphatic rings. The first-order chi connectivity index (χ1) is 14.8.